The molecule has 0 bridgehead atoms. The van der Waals surface area contributed by atoms with E-state index >= 15 is 0 Å². The number of aromatic nitrogens is 1. The Bertz CT molecular complexity index is 807. The Balaban J connectivity index is 1.96. The maximum Gasteiger partial charge on any atom is 0.413 e. The van der Waals surface area contributed by atoms with Crippen LogP contribution in [0.15, 0.2) is 47.7 Å². The Morgan fingerprint density at radius 1 is 1.22 bits per heavy atom. The molecule has 27 heavy (non-hydrogen) atoms. The molecule has 0 spiro atoms. The first-order valence-electron chi connectivity index (χ1n) is 7.93. The smallest absolute Gasteiger partial charge is 0.352 e. The quantitative estimate of drug-likeness (QED) is 0.708. The summed E-state index contributed by atoms with van der Waals surface area (Å²) >= 11 is 5.93. The molecule has 2 rings (SSSR count). The van der Waals surface area contributed by atoms with Crippen molar-refractivity contribution in [3.05, 3.63) is 64.0 Å². The molecular weight excluding hydrogens is 391 g/mol. The SMILES string of the molecule is CC(F)(F)c1cnc(CCNC(=O)C2=CC=CC=C(C(F)(F)F)C2)c(Cl)c1. The Labute approximate surface area is 157 Å². The number of nitrogens with zero attached hydrogens (tertiary/aromatic N) is 1. The summed E-state index contributed by atoms with van der Waals surface area (Å²) in [5.41, 5.74) is -0.886. The largest absolute Gasteiger partial charge is 0.413 e. The molecule has 1 aliphatic rings. The second kappa shape index (κ2) is 8.21. The molecule has 0 unspecified atom stereocenters. The van der Waals surface area contributed by atoms with Crippen LogP contribution in [0.3, 0.4) is 0 Å². The van der Waals surface area contributed by atoms with Gasteiger partial charge in [0.15, 0.2) is 0 Å². The van der Waals surface area contributed by atoms with Crippen LogP contribution in [0.4, 0.5) is 22.0 Å². The molecule has 146 valence electrons. The van der Waals surface area contributed by atoms with Crippen molar-refractivity contribution >= 4 is 17.5 Å². The van der Waals surface area contributed by atoms with Gasteiger partial charge in [0.25, 0.3) is 5.92 Å². The molecule has 1 amide bonds. The number of halogens is 6. The minimum atomic E-state index is -4.52. The molecule has 0 aromatic carbocycles. The van der Waals surface area contributed by atoms with Gasteiger partial charge in [-0.25, -0.2) is 8.78 Å². The lowest BCUT2D eigenvalue weighted by Gasteiger charge is -2.14. The zero-order valence-electron chi connectivity index (χ0n) is 14.2. The van der Waals surface area contributed by atoms with E-state index in [2.05, 4.69) is 10.3 Å². The van der Waals surface area contributed by atoms with Crippen LogP contribution in [0.5, 0.6) is 0 Å². The van der Waals surface area contributed by atoms with Crippen LogP contribution >= 0.6 is 11.6 Å². The van der Waals surface area contributed by atoms with Crippen LogP contribution in [-0.4, -0.2) is 23.6 Å². The number of nitrogens with one attached hydrogen (secondary N) is 1. The summed E-state index contributed by atoms with van der Waals surface area (Å²) in [4.78, 5) is 16.0. The summed E-state index contributed by atoms with van der Waals surface area (Å²) in [5.74, 6) is -3.73. The van der Waals surface area contributed by atoms with Crippen molar-refractivity contribution in [1.29, 1.82) is 0 Å². The average molecular weight is 407 g/mol. The standard InChI is InChI=1S/C18H16ClF5N2O/c1-17(20,21)13-9-14(19)15(26-10-13)6-7-25-16(27)11-4-2-3-5-12(8-11)18(22,23)24/h2-5,9-10H,6-8H2,1H3,(H,25,27). The van der Waals surface area contributed by atoms with Crippen molar-refractivity contribution in [2.75, 3.05) is 6.54 Å². The van der Waals surface area contributed by atoms with E-state index in [4.69, 9.17) is 11.6 Å². The highest BCUT2D eigenvalue weighted by Gasteiger charge is 2.34. The predicted octanol–water partition coefficient (Wildman–Crippen LogP) is 4.88. The second-order valence-electron chi connectivity index (χ2n) is 5.99. The van der Waals surface area contributed by atoms with Gasteiger partial charge in [0.05, 0.1) is 10.7 Å². The summed E-state index contributed by atoms with van der Waals surface area (Å²) < 4.78 is 65.0. The third-order valence-corrected chi connectivity index (χ3v) is 4.14. The summed E-state index contributed by atoms with van der Waals surface area (Å²) in [7, 11) is 0. The highest BCUT2D eigenvalue weighted by Crippen LogP contribution is 2.32. The van der Waals surface area contributed by atoms with E-state index < -0.39 is 30.0 Å². The van der Waals surface area contributed by atoms with Crippen molar-refractivity contribution in [3.63, 3.8) is 0 Å². The molecule has 0 aliphatic heterocycles. The summed E-state index contributed by atoms with van der Waals surface area (Å²) in [5, 5.41) is 2.52. The Morgan fingerprint density at radius 3 is 2.48 bits per heavy atom. The predicted molar refractivity (Wildman–Crippen MR) is 91.5 cm³/mol. The summed E-state index contributed by atoms with van der Waals surface area (Å²) in [6, 6.07) is 1.10. The van der Waals surface area contributed by atoms with Gasteiger partial charge in [0.1, 0.15) is 0 Å². The van der Waals surface area contributed by atoms with Crippen LogP contribution in [0, 0.1) is 0 Å². The fourth-order valence-electron chi connectivity index (χ4n) is 2.32. The van der Waals surface area contributed by atoms with Crippen LogP contribution < -0.4 is 5.32 Å². The average Bonchev–Trinajstić information content (AvgIpc) is 2.81. The number of pyridine rings is 1. The van der Waals surface area contributed by atoms with Gasteiger partial charge < -0.3 is 5.32 Å². The molecule has 0 atom stereocenters. The molecule has 9 heteroatoms. The number of hydrogen-bond acceptors (Lipinski definition) is 2. The lowest BCUT2D eigenvalue weighted by Crippen LogP contribution is -2.28. The van der Waals surface area contributed by atoms with Crippen molar-refractivity contribution in [1.82, 2.24) is 10.3 Å². The maximum absolute atomic E-state index is 13.2. The van der Waals surface area contributed by atoms with Gasteiger partial charge in [-0.05, 0) is 6.07 Å². The molecule has 0 saturated heterocycles. The third-order valence-electron chi connectivity index (χ3n) is 3.81. The zero-order chi connectivity index (χ0) is 20.2. The molecule has 1 heterocycles. The number of hydrogen-bond donors (Lipinski definition) is 1. The number of carbonyl (C=O) groups excluding carboxylic acids is 1. The van der Waals surface area contributed by atoms with Crippen molar-refractivity contribution in [3.8, 4) is 0 Å². The first-order valence-corrected chi connectivity index (χ1v) is 8.31. The lowest BCUT2D eigenvalue weighted by atomic mass is 10.0. The molecule has 1 aromatic heterocycles. The molecule has 0 saturated carbocycles. The number of amides is 1. The number of allylic oxidation sites excluding steroid dienone is 5. The molecule has 3 nitrogen and oxygen atoms in total. The van der Waals surface area contributed by atoms with Gasteiger partial charge in [-0.1, -0.05) is 35.9 Å². The number of carbonyl (C=O) groups is 1. The normalized spacial score (nSPS) is 15.1. The van der Waals surface area contributed by atoms with Crippen molar-refractivity contribution in [2.45, 2.75) is 31.9 Å². The van der Waals surface area contributed by atoms with Crippen molar-refractivity contribution < 1.29 is 26.7 Å². The molecule has 0 radical (unpaired) electrons. The maximum atomic E-state index is 13.2. The molecule has 1 aromatic rings. The Kier molecular flexibility index (Phi) is 6.41. The fraction of sp³-hybridized carbons (Fsp3) is 0.333. The molecule has 0 fully saturated rings. The van der Waals surface area contributed by atoms with E-state index in [0.29, 0.717) is 5.69 Å². The lowest BCUT2D eigenvalue weighted by molar-refractivity contribution is -0.117. The highest BCUT2D eigenvalue weighted by atomic mass is 35.5. The second-order valence-corrected chi connectivity index (χ2v) is 6.40. The molecule has 1 aliphatic carbocycles. The Hall–Kier alpha value is -2.22. The fourth-order valence-corrected chi connectivity index (χ4v) is 2.58. The van der Waals surface area contributed by atoms with Crippen LogP contribution in [0.1, 0.15) is 24.6 Å². The number of alkyl halides is 5. The topological polar surface area (TPSA) is 42.0 Å². The van der Waals surface area contributed by atoms with Crippen LogP contribution in [-0.2, 0) is 17.1 Å². The minimum Gasteiger partial charge on any atom is -0.352 e. The summed E-state index contributed by atoms with van der Waals surface area (Å²) in [6.07, 6.45) is 0.899. The van der Waals surface area contributed by atoms with E-state index in [9.17, 15) is 26.7 Å². The molecule has 1 N–H and O–H groups in total. The number of rotatable bonds is 5. The highest BCUT2D eigenvalue weighted by molar-refractivity contribution is 6.31. The van der Waals surface area contributed by atoms with E-state index in [1.807, 2.05) is 0 Å². The summed E-state index contributed by atoms with van der Waals surface area (Å²) in [6.45, 7) is 0.762. The third kappa shape index (κ3) is 5.89. The van der Waals surface area contributed by atoms with Gasteiger partial charge >= 0.3 is 6.18 Å². The van der Waals surface area contributed by atoms with E-state index in [0.717, 1.165) is 25.3 Å². The van der Waals surface area contributed by atoms with Gasteiger partial charge in [0, 0.05) is 49.2 Å². The van der Waals surface area contributed by atoms with Crippen molar-refractivity contribution in [2.24, 2.45) is 0 Å². The first-order chi connectivity index (χ1) is 12.5. The first kappa shape index (κ1) is 21.1. The van der Waals surface area contributed by atoms with E-state index in [-0.39, 0.29) is 29.1 Å². The van der Waals surface area contributed by atoms with Crippen LogP contribution in [0.25, 0.3) is 0 Å². The van der Waals surface area contributed by atoms with Gasteiger partial charge in [-0.3, -0.25) is 9.78 Å². The van der Waals surface area contributed by atoms with Gasteiger partial charge in [0.2, 0.25) is 5.91 Å². The van der Waals surface area contributed by atoms with Gasteiger partial charge in [-0.2, -0.15) is 13.2 Å². The van der Waals surface area contributed by atoms with Crippen LogP contribution in [0.2, 0.25) is 5.02 Å². The zero-order valence-corrected chi connectivity index (χ0v) is 15.0. The monoisotopic (exact) mass is 406 g/mol. The van der Waals surface area contributed by atoms with Gasteiger partial charge in [-0.15, -0.1) is 0 Å². The minimum absolute atomic E-state index is 0.0298. The molecular formula is C18H16ClF5N2O. The Morgan fingerprint density at radius 2 is 1.89 bits per heavy atom. The van der Waals surface area contributed by atoms with E-state index in [1.165, 1.54) is 18.2 Å². The van der Waals surface area contributed by atoms with E-state index in [1.54, 1.807) is 0 Å².